The number of rotatable bonds is 4. The maximum Gasteiger partial charge on any atom is 0.236 e. The Bertz CT molecular complexity index is 372. The number of piperidine rings is 1. The number of carbonyl (C=O) groups is 1. The third-order valence-corrected chi connectivity index (χ3v) is 4.29. The number of likely N-dealkylation sites (tertiary alicyclic amines) is 1. The molecule has 0 aliphatic carbocycles. The van der Waals surface area contributed by atoms with Gasteiger partial charge in [-0.2, -0.15) is 0 Å². The Kier molecular flexibility index (Phi) is 4.79. The largest absolute Gasteiger partial charge is 0.409 e. The first kappa shape index (κ1) is 15.8. The number of nitrogens with zero attached hydrogens (tertiary/aromatic N) is 2. The zero-order chi connectivity index (χ0) is 14.7. The molecule has 0 spiro atoms. The zero-order valence-electron chi connectivity index (χ0n) is 12.3. The van der Waals surface area contributed by atoms with Gasteiger partial charge in [0.05, 0.1) is 5.60 Å². The minimum atomic E-state index is -0.958. The number of oxime groups is 1. The van der Waals surface area contributed by atoms with Gasteiger partial charge in [-0.05, 0) is 33.1 Å². The molecular formula is C13H25N3O3. The molecule has 19 heavy (non-hydrogen) atoms. The molecule has 1 amide bonds. The number of ether oxygens (including phenoxy) is 1. The summed E-state index contributed by atoms with van der Waals surface area (Å²) in [5.74, 6) is -0.141. The second kappa shape index (κ2) is 5.77. The number of nitrogens with two attached hydrogens (primary N) is 1. The van der Waals surface area contributed by atoms with Crippen molar-refractivity contribution in [3.63, 3.8) is 0 Å². The molecule has 0 bridgehead atoms. The number of carbonyl (C=O) groups excluding carboxylic acids is 1. The van der Waals surface area contributed by atoms with Gasteiger partial charge in [0.2, 0.25) is 5.91 Å². The van der Waals surface area contributed by atoms with E-state index in [9.17, 15) is 4.79 Å². The van der Waals surface area contributed by atoms with Crippen LogP contribution in [0.2, 0.25) is 0 Å². The molecule has 0 saturated carbocycles. The van der Waals surface area contributed by atoms with E-state index in [-0.39, 0.29) is 17.3 Å². The Morgan fingerprint density at radius 2 is 2.26 bits per heavy atom. The molecule has 2 atom stereocenters. The minimum Gasteiger partial charge on any atom is -0.409 e. The monoisotopic (exact) mass is 271 g/mol. The zero-order valence-corrected chi connectivity index (χ0v) is 12.3. The summed E-state index contributed by atoms with van der Waals surface area (Å²) in [6.45, 7) is 6.79. The van der Waals surface area contributed by atoms with Crippen LogP contribution in [0.3, 0.4) is 0 Å². The molecule has 0 aromatic carbocycles. The van der Waals surface area contributed by atoms with Crippen LogP contribution in [-0.4, -0.2) is 47.7 Å². The van der Waals surface area contributed by atoms with Crippen molar-refractivity contribution in [1.82, 2.24) is 4.90 Å². The maximum atomic E-state index is 12.7. The van der Waals surface area contributed by atoms with E-state index in [1.807, 2.05) is 13.8 Å². The first-order chi connectivity index (χ1) is 8.83. The van der Waals surface area contributed by atoms with Crippen LogP contribution in [0.25, 0.3) is 0 Å². The number of amides is 1. The number of methoxy groups -OCH3 is 1. The summed E-state index contributed by atoms with van der Waals surface area (Å²) in [4.78, 5) is 14.4. The van der Waals surface area contributed by atoms with E-state index in [2.05, 4.69) is 5.16 Å². The van der Waals surface area contributed by atoms with Gasteiger partial charge in [-0.3, -0.25) is 4.79 Å². The average Bonchev–Trinajstić information content (AvgIpc) is 2.44. The Hall–Kier alpha value is -1.30. The van der Waals surface area contributed by atoms with Crippen LogP contribution < -0.4 is 5.73 Å². The highest BCUT2D eigenvalue weighted by Gasteiger charge is 2.43. The van der Waals surface area contributed by atoms with Crippen molar-refractivity contribution in [1.29, 1.82) is 0 Å². The van der Waals surface area contributed by atoms with Gasteiger partial charge in [0, 0.05) is 20.2 Å². The predicted molar refractivity (Wildman–Crippen MR) is 73.0 cm³/mol. The molecule has 0 aromatic heterocycles. The normalized spacial score (nSPS) is 28.0. The third-order valence-electron chi connectivity index (χ3n) is 4.29. The summed E-state index contributed by atoms with van der Waals surface area (Å²) in [6.07, 6.45) is 2.31. The van der Waals surface area contributed by atoms with Crippen molar-refractivity contribution < 1.29 is 14.7 Å². The molecular weight excluding hydrogens is 246 g/mol. The molecule has 110 valence electrons. The first-order valence-corrected chi connectivity index (χ1v) is 6.65. The van der Waals surface area contributed by atoms with Gasteiger partial charge in [-0.15, -0.1) is 0 Å². The lowest BCUT2D eigenvalue weighted by Crippen LogP contribution is -2.56. The summed E-state index contributed by atoms with van der Waals surface area (Å²) < 4.78 is 5.49. The van der Waals surface area contributed by atoms with Crippen molar-refractivity contribution >= 4 is 11.7 Å². The van der Waals surface area contributed by atoms with Crippen LogP contribution in [0, 0.1) is 5.41 Å². The van der Waals surface area contributed by atoms with E-state index < -0.39 is 5.41 Å². The van der Waals surface area contributed by atoms with Crippen LogP contribution in [0.1, 0.15) is 40.0 Å². The lowest BCUT2D eigenvalue weighted by Gasteiger charge is -2.42. The fourth-order valence-corrected chi connectivity index (χ4v) is 2.45. The van der Waals surface area contributed by atoms with Crippen molar-refractivity contribution in [2.75, 3.05) is 20.2 Å². The molecule has 1 aliphatic heterocycles. The van der Waals surface area contributed by atoms with Crippen LogP contribution >= 0.6 is 0 Å². The highest BCUT2D eigenvalue weighted by molar-refractivity contribution is 6.06. The summed E-state index contributed by atoms with van der Waals surface area (Å²) in [7, 11) is 1.66. The van der Waals surface area contributed by atoms with E-state index in [0.717, 1.165) is 12.8 Å². The standard InChI is InChI=1S/C13H25N3O3/c1-5-13(3,10(14)15-18)11(17)16-8-6-7-12(2,9-16)19-4/h18H,5-9H2,1-4H3,(H2,14,15). The number of hydrogen-bond acceptors (Lipinski definition) is 4. The van der Waals surface area contributed by atoms with E-state index in [0.29, 0.717) is 19.5 Å². The average molecular weight is 271 g/mol. The number of hydrogen-bond donors (Lipinski definition) is 2. The van der Waals surface area contributed by atoms with E-state index in [1.54, 1.807) is 18.9 Å². The molecule has 1 aliphatic rings. The van der Waals surface area contributed by atoms with Crippen molar-refractivity contribution in [3.8, 4) is 0 Å². The van der Waals surface area contributed by atoms with Gasteiger partial charge in [-0.1, -0.05) is 12.1 Å². The Labute approximate surface area is 114 Å². The second-order valence-electron chi connectivity index (χ2n) is 5.66. The highest BCUT2D eigenvalue weighted by atomic mass is 16.5. The lowest BCUT2D eigenvalue weighted by molar-refractivity contribution is -0.145. The van der Waals surface area contributed by atoms with Gasteiger partial charge >= 0.3 is 0 Å². The van der Waals surface area contributed by atoms with Crippen LogP contribution in [0.4, 0.5) is 0 Å². The minimum absolute atomic E-state index is 0.0373. The molecule has 6 heteroatoms. The fourth-order valence-electron chi connectivity index (χ4n) is 2.45. The van der Waals surface area contributed by atoms with Gasteiger partial charge in [0.1, 0.15) is 5.41 Å². The van der Waals surface area contributed by atoms with Crippen molar-refractivity contribution in [3.05, 3.63) is 0 Å². The fraction of sp³-hybridized carbons (Fsp3) is 0.846. The van der Waals surface area contributed by atoms with Crippen molar-refractivity contribution in [2.45, 2.75) is 45.6 Å². The predicted octanol–water partition coefficient (Wildman–Crippen LogP) is 1.18. The molecule has 6 nitrogen and oxygen atoms in total. The summed E-state index contributed by atoms with van der Waals surface area (Å²) in [5.41, 5.74) is 4.42. The first-order valence-electron chi connectivity index (χ1n) is 6.65. The van der Waals surface area contributed by atoms with Crippen molar-refractivity contribution in [2.24, 2.45) is 16.3 Å². The Balaban J connectivity index is 2.93. The lowest BCUT2D eigenvalue weighted by atomic mass is 9.83. The van der Waals surface area contributed by atoms with E-state index in [4.69, 9.17) is 15.7 Å². The maximum absolute atomic E-state index is 12.7. The highest BCUT2D eigenvalue weighted by Crippen LogP contribution is 2.30. The van der Waals surface area contributed by atoms with Crippen LogP contribution in [0.5, 0.6) is 0 Å². The summed E-state index contributed by atoms with van der Waals surface area (Å²) >= 11 is 0. The van der Waals surface area contributed by atoms with Crippen LogP contribution in [-0.2, 0) is 9.53 Å². The van der Waals surface area contributed by atoms with E-state index in [1.165, 1.54) is 0 Å². The SMILES string of the molecule is CCC(C)(C(=O)N1CCCC(C)(OC)C1)C(N)=NO. The van der Waals surface area contributed by atoms with Gasteiger partial charge in [0.15, 0.2) is 5.84 Å². The molecule has 1 fully saturated rings. The quantitative estimate of drug-likeness (QED) is 0.348. The molecule has 1 saturated heterocycles. The molecule has 0 aromatic rings. The molecule has 0 radical (unpaired) electrons. The Morgan fingerprint density at radius 3 is 2.74 bits per heavy atom. The van der Waals surface area contributed by atoms with Gasteiger partial charge in [-0.25, -0.2) is 0 Å². The molecule has 3 N–H and O–H groups in total. The Morgan fingerprint density at radius 1 is 1.63 bits per heavy atom. The topological polar surface area (TPSA) is 88.2 Å². The summed E-state index contributed by atoms with van der Waals surface area (Å²) in [6, 6.07) is 0. The summed E-state index contributed by atoms with van der Waals surface area (Å²) in [5, 5.41) is 11.9. The van der Waals surface area contributed by atoms with E-state index >= 15 is 0 Å². The smallest absolute Gasteiger partial charge is 0.236 e. The molecule has 2 unspecified atom stereocenters. The molecule has 1 heterocycles. The second-order valence-corrected chi connectivity index (χ2v) is 5.66. The molecule has 1 rings (SSSR count). The van der Waals surface area contributed by atoms with Gasteiger partial charge < -0.3 is 20.6 Å². The van der Waals surface area contributed by atoms with Gasteiger partial charge in [0.25, 0.3) is 0 Å². The number of amidine groups is 1. The third kappa shape index (κ3) is 3.00. The van der Waals surface area contributed by atoms with Crippen LogP contribution in [0.15, 0.2) is 5.16 Å².